The number of nitrogens with one attached hydrogen (secondary N) is 1. The maximum atomic E-state index is 6.21. The standard InChI is InChI=1S/C14H9BrCl2N2S/c1-7-3-2-4-11-12(7)18-14(20-11)19-13-9(16)5-8(15)6-10(13)17/h2-6H,1H3,(H,18,19). The molecule has 0 atom stereocenters. The number of rotatable bonds is 2. The second kappa shape index (κ2) is 5.53. The molecule has 1 heterocycles. The molecule has 20 heavy (non-hydrogen) atoms. The Kier molecular flexibility index (Phi) is 3.91. The first-order valence-corrected chi connectivity index (χ1v) is 8.19. The van der Waals surface area contributed by atoms with E-state index in [9.17, 15) is 0 Å². The van der Waals surface area contributed by atoms with Gasteiger partial charge in [-0.1, -0.05) is 62.6 Å². The Hall–Kier alpha value is -0.810. The SMILES string of the molecule is Cc1cccc2sc(Nc3c(Cl)cc(Br)cc3Cl)nc12. The summed E-state index contributed by atoms with van der Waals surface area (Å²) in [5.41, 5.74) is 2.83. The van der Waals surface area contributed by atoms with E-state index in [4.69, 9.17) is 23.2 Å². The third kappa shape index (κ3) is 2.66. The molecule has 0 spiro atoms. The molecule has 0 radical (unpaired) electrons. The van der Waals surface area contributed by atoms with Crippen LogP contribution < -0.4 is 5.32 Å². The summed E-state index contributed by atoms with van der Waals surface area (Å²) in [6.45, 7) is 2.05. The van der Waals surface area contributed by atoms with E-state index in [-0.39, 0.29) is 0 Å². The van der Waals surface area contributed by atoms with Gasteiger partial charge in [0.1, 0.15) is 0 Å². The molecular weight excluding hydrogens is 379 g/mol. The predicted octanol–water partition coefficient (Wildman–Crippen LogP) is 6.42. The van der Waals surface area contributed by atoms with Gasteiger partial charge in [-0.05, 0) is 30.7 Å². The first kappa shape index (κ1) is 14.1. The minimum atomic E-state index is 0.556. The average molecular weight is 388 g/mol. The second-order valence-electron chi connectivity index (χ2n) is 4.31. The smallest absolute Gasteiger partial charge is 0.188 e. The quantitative estimate of drug-likeness (QED) is 0.548. The van der Waals surface area contributed by atoms with Crippen molar-refractivity contribution in [1.82, 2.24) is 4.98 Å². The molecule has 3 aromatic rings. The molecule has 102 valence electrons. The lowest BCUT2D eigenvalue weighted by molar-refractivity contribution is 1.40. The summed E-state index contributed by atoms with van der Waals surface area (Å²) in [6.07, 6.45) is 0. The summed E-state index contributed by atoms with van der Waals surface area (Å²) < 4.78 is 1.98. The van der Waals surface area contributed by atoms with Crippen molar-refractivity contribution in [3.63, 3.8) is 0 Å². The first-order valence-electron chi connectivity index (χ1n) is 5.82. The Morgan fingerprint density at radius 3 is 2.55 bits per heavy atom. The van der Waals surface area contributed by atoms with Crippen LogP contribution in [0.3, 0.4) is 0 Å². The maximum Gasteiger partial charge on any atom is 0.188 e. The molecule has 0 amide bonds. The van der Waals surface area contributed by atoms with Crippen LogP contribution in [0.5, 0.6) is 0 Å². The van der Waals surface area contributed by atoms with E-state index in [0.29, 0.717) is 15.7 Å². The average Bonchev–Trinajstić information content (AvgIpc) is 2.78. The Morgan fingerprint density at radius 2 is 1.90 bits per heavy atom. The van der Waals surface area contributed by atoms with Crippen molar-refractivity contribution in [2.45, 2.75) is 6.92 Å². The van der Waals surface area contributed by atoms with E-state index in [1.165, 1.54) is 0 Å². The van der Waals surface area contributed by atoms with Crippen molar-refractivity contribution in [3.05, 3.63) is 50.4 Å². The van der Waals surface area contributed by atoms with Crippen LogP contribution in [-0.4, -0.2) is 4.98 Å². The largest absolute Gasteiger partial charge is 0.329 e. The fourth-order valence-corrected chi connectivity index (χ4v) is 4.16. The van der Waals surface area contributed by atoms with Crippen LogP contribution in [0.1, 0.15) is 5.56 Å². The van der Waals surface area contributed by atoms with Gasteiger partial charge in [0.2, 0.25) is 0 Å². The van der Waals surface area contributed by atoms with Gasteiger partial charge in [0, 0.05) is 4.47 Å². The molecule has 0 fully saturated rings. The highest BCUT2D eigenvalue weighted by atomic mass is 79.9. The van der Waals surface area contributed by atoms with Crippen LogP contribution in [0.15, 0.2) is 34.8 Å². The molecule has 6 heteroatoms. The van der Waals surface area contributed by atoms with Crippen molar-refractivity contribution in [1.29, 1.82) is 0 Å². The zero-order valence-corrected chi connectivity index (χ0v) is 14.3. The van der Waals surface area contributed by atoms with Gasteiger partial charge in [-0.25, -0.2) is 4.98 Å². The molecule has 3 rings (SSSR count). The Labute approximate surface area is 138 Å². The van der Waals surface area contributed by atoms with Gasteiger partial charge in [-0.2, -0.15) is 0 Å². The van der Waals surface area contributed by atoms with Gasteiger partial charge in [0.25, 0.3) is 0 Å². The van der Waals surface area contributed by atoms with Crippen LogP contribution in [0.25, 0.3) is 10.2 Å². The monoisotopic (exact) mass is 386 g/mol. The summed E-state index contributed by atoms with van der Waals surface area (Å²) in [4.78, 5) is 4.59. The lowest BCUT2D eigenvalue weighted by Gasteiger charge is -2.08. The van der Waals surface area contributed by atoms with E-state index in [1.807, 2.05) is 19.1 Å². The van der Waals surface area contributed by atoms with Crippen molar-refractivity contribution < 1.29 is 0 Å². The maximum absolute atomic E-state index is 6.21. The number of benzene rings is 2. The normalized spacial score (nSPS) is 11.0. The molecule has 0 aliphatic rings. The van der Waals surface area contributed by atoms with Crippen LogP contribution in [-0.2, 0) is 0 Å². The molecule has 0 aliphatic carbocycles. The number of hydrogen-bond acceptors (Lipinski definition) is 3. The van der Waals surface area contributed by atoms with Gasteiger partial charge in [-0.3, -0.25) is 0 Å². The molecular formula is C14H9BrCl2N2S. The number of fused-ring (bicyclic) bond motifs is 1. The molecule has 0 unspecified atom stereocenters. The molecule has 2 aromatic carbocycles. The van der Waals surface area contributed by atoms with Gasteiger partial charge in [0.15, 0.2) is 5.13 Å². The number of thiazole rings is 1. The lowest BCUT2D eigenvalue weighted by atomic mass is 10.2. The van der Waals surface area contributed by atoms with E-state index in [1.54, 1.807) is 23.5 Å². The van der Waals surface area contributed by atoms with Crippen LogP contribution in [0.4, 0.5) is 10.8 Å². The van der Waals surface area contributed by atoms with Crippen molar-refractivity contribution in [2.75, 3.05) is 5.32 Å². The van der Waals surface area contributed by atoms with Gasteiger partial charge < -0.3 is 5.32 Å². The lowest BCUT2D eigenvalue weighted by Crippen LogP contribution is -1.92. The molecule has 0 aliphatic heterocycles. The minimum absolute atomic E-state index is 0.556. The minimum Gasteiger partial charge on any atom is -0.329 e. The molecule has 0 saturated carbocycles. The third-order valence-corrected chi connectivity index (χ3v) is 4.85. The summed E-state index contributed by atoms with van der Waals surface area (Å²) in [6, 6.07) is 9.73. The number of hydrogen-bond donors (Lipinski definition) is 1. The van der Waals surface area contributed by atoms with Crippen molar-refractivity contribution >= 4 is 71.5 Å². The summed E-state index contributed by atoms with van der Waals surface area (Å²) >= 11 is 17.4. The highest BCUT2D eigenvalue weighted by Gasteiger charge is 2.11. The highest BCUT2D eigenvalue weighted by Crippen LogP contribution is 2.38. The Morgan fingerprint density at radius 1 is 1.20 bits per heavy atom. The summed E-state index contributed by atoms with van der Waals surface area (Å²) in [5, 5.41) is 5.10. The second-order valence-corrected chi connectivity index (χ2v) is 7.07. The zero-order chi connectivity index (χ0) is 14.3. The zero-order valence-electron chi connectivity index (χ0n) is 10.4. The number of nitrogens with zero attached hydrogens (tertiary/aromatic N) is 1. The summed E-state index contributed by atoms with van der Waals surface area (Å²) in [7, 11) is 0. The van der Waals surface area contributed by atoms with Crippen LogP contribution >= 0.6 is 50.5 Å². The van der Waals surface area contributed by atoms with Crippen molar-refractivity contribution in [3.8, 4) is 0 Å². The number of anilines is 2. The van der Waals surface area contributed by atoms with E-state index >= 15 is 0 Å². The van der Waals surface area contributed by atoms with Crippen molar-refractivity contribution in [2.24, 2.45) is 0 Å². The Bertz CT molecular complexity index is 778. The van der Waals surface area contributed by atoms with Gasteiger partial charge >= 0.3 is 0 Å². The fourth-order valence-electron chi connectivity index (χ4n) is 1.91. The van der Waals surface area contributed by atoms with E-state index in [2.05, 4.69) is 32.3 Å². The van der Waals surface area contributed by atoms with Gasteiger partial charge in [-0.15, -0.1) is 0 Å². The van der Waals surface area contributed by atoms with Crippen LogP contribution in [0, 0.1) is 6.92 Å². The molecule has 1 aromatic heterocycles. The molecule has 2 nitrogen and oxygen atoms in total. The fraction of sp³-hybridized carbons (Fsp3) is 0.0714. The topological polar surface area (TPSA) is 24.9 Å². The van der Waals surface area contributed by atoms with E-state index in [0.717, 1.165) is 25.4 Å². The number of aryl methyl sites for hydroxylation is 1. The van der Waals surface area contributed by atoms with Gasteiger partial charge in [0.05, 0.1) is 25.9 Å². The highest BCUT2D eigenvalue weighted by molar-refractivity contribution is 9.10. The molecule has 1 N–H and O–H groups in total. The summed E-state index contributed by atoms with van der Waals surface area (Å²) in [5.74, 6) is 0. The predicted molar refractivity (Wildman–Crippen MR) is 91.8 cm³/mol. The van der Waals surface area contributed by atoms with Crippen LogP contribution in [0.2, 0.25) is 10.0 Å². The number of para-hydroxylation sites is 1. The number of halogens is 3. The molecule has 0 bridgehead atoms. The third-order valence-electron chi connectivity index (χ3n) is 2.86. The van der Waals surface area contributed by atoms with E-state index < -0.39 is 0 Å². The Balaban J connectivity index is 2.04. The molecule has 0 saturated heterocycles. The first-order chi connectivity index (χ1) is 9.54. The number of aromatic nitrogens is 1.